The van der Waals surface area contributed by atoms with E-state index in [0.29, 0.717) is 12.5 Å². The molecular formula is C11H18O5. The molecular weight excluding hydrogens is 212 g/mol. The van der Waals surface area contributed by atoms with Crippen molar-refractivity contribution in [2.75, 3.05) is 6.61 Å². The molecule has 1 rings (SSSR count). The van der Waals surface area contributed by atoms with Crippen molar-refractivity contribution in [3.63, 3.8) is 0 Å². The second-order valence-corrected chi connectivity index (χ2v) is 4.34. The minimum Gasteiger partial charge on any atom is -0.434 e. The zero-order valence-corrected chi connectivity index (χ0v) is 9.89. The maximum absolute atomic E-state index is 11.2. The largest absolute Gasteiger partial charge is 0.511 e. The normalized spacial score (nSPS) is 16.8. The van der Waals surface area contributed by atoms with Gasteiger partial charge in [-0.3, -0.25) is 4.79 Å². The number of esters is 1. The number of carbonyl (C=O) groups excluding carboxylic acids is 2. The van der Waals surface area contributed by atoms with Crippen molar-refractivity contribution in [1.82, 2.24) is 0 Å². The number of hydrogen-bond acceptors (Lipinski definition) is 5. The first-order valence-corrected chi connectivity index (χ1v) is 5.49. The van der Waals surface area contributed by atoms with E-state index in [1.165, 1.54) is 6.92 Å². The Kier molecular flexibility index (Phi) is 4.58. The highest BCUT2D eigenvalue weighted by Gasteiger charge is 2.26. The number of hydrogen-bond donors (Lipinski definition) is 0. The van der Waals surface area contributed by atoms with Crippen LogP contribution in [0, 0.1) is 11.8 Å². The van der Waals surface area contributed by atoms with Crippen LogP contribution >= 0.6 is 0 Å². The highest BCUT2D eigenvalue weighted by molar-refractivity contribution is 5.66. The van der Waals surface area contributed by atoms with Crippen molar-refractivity contribution in [3.05, 3.63) is 0 Å². The van der Waals surface area contributed by atoms with E-state index in [-0.39, 0.29) is 5.92 Å². The van der Waals surface area contributed by atoms with E-state index in [2.05, 4.69) is 0 Å². The minimum absolute atomic E-state index is 0.0997. The van der Waals surface area contributed by atoms with Gasteiger partial charge in [0.15, 0.2) is 0 Å². The van der Waals surface area contributed by atoms with Crippen LogP contribution in [-0.2, 0) is 19.0 Å². The van der Waals surface area contributed by atoms with Crippen LogP contribution in [0.25, 0.3) is 0 Å². The molecule has 1 atom stereocenters. The van der Waals surface area contributed by atoms with Crippen molar-refractivity contribution in [1.29, 1.82) is 0 Å². The van der Waals surface area contributed by atoms with Gasteiger partial charge in [0.05, 0.1) is 6.61 Å². The first-order valence-electron chi connectivity index (χ1n) is 5.49. The predicted octanol–water partition coefficient (Wildman–Crippen LogP) is 2.09. The smallest absolute Gasteiger partial charge is 0.434 e. The van der Waals surface area contributed by atoms with E-state index >= 15 is 0 Å². The van der Waals surface area contributed by atoms with Crippen LogP contribution in [0.3, 0.4) is 0 Å². The van der Waals surface area contributed by atoms with Gasteiger partial charge in [0.2, 0.25) is 0 Å². The van der Waals surface area contributed by atoms with E-state index < -0.39 is 18.4 Å². The molecule has 0 aliphatic heterocycles. The molecule has 0 spiro atoms. The summed E-state index contributed by atoms with van der Waals surface area (Å²) >= 11 is 0. The van der Waals surface area contributed by atoms with Gasteiger partial charge in [-0.25, -0.2) is 4.79 Å². The second-order valence-electron chi connectivity index (χ2n) is 4.34. The Morgan fingerprint density at radius 1 is 1.25 bits per heavy atom. The summed E-state index contributed by atoms with van der Waals surface area (Å²) in [7, 11) is 0. The molecule has 0 aromatic rings. The summed E-state index contributed by atoms with van der Waals surface area (Å²) in [5, 5.41) is 0. The van der Waals surface area contributed by atoms with Crippen LogP contribution in [0.2, 0.25) is 0 Å². The molecule has 0 heterocycles. The molecule has 16 heavy (non-hydrogen) atoms. The average molecular weight is 230 g/mol. The fraction of sp³-hybridized carbons (Fsp3) is 0.818. The molecule has 5 nitrogen and oxygen atoms in total. The van der Waals surface area contributed by atoms with E-state index in [9.17, 15) is 9.59 Å². The van der Waals surface area contributed by atoms with Crippen molar-refractivity contribution in [2.24, 2.45) is 11.8 Å². The van der Waals surface area contributed by atoms with Gasteiger partial charge in [-0.05, 0) is 18.8 Å². The summed E-state index contributed by atoms with van der Waals surface area (Å²) < 4.78 is 14.6. The third-order valence-corrected chi connectivity index (χ3v) is 2.17. The Morgan fingerprint density at radius 2 is 1.88 bits per heavy atom. The lowest BCUT2D eigenvalue weighted by atomic mass is 10.2. The van der Waals surface area contributed by atoms with Crippen LogP contribution in [0.5, 0.6) is 0 Å². The van der Waals surface area contributed by atoms with Gasteiger partial charge in [0, 0.05) is 12.8 Å². The van der Waals surface area contributed by atoms with Crippen molar-refractivity contribution in [2.45, 2.75) is 39.9 Å². The summed E-state index contributed by atoms with van der Waals surface area (Å²) in [5.74, 6) is -0.0927. The van der Waals surface area contributed by atoms with E-state index in [4.69, 9.17) is 14.2 Å². The standard InChI is InChI=1S/C11H18O5/c1-7(2)10(15-8(3)12)16-11(13)14-6-9-4-5-9/h7,9-10H,4-6H2,1-3H3/t10-/m1/s1. The first-order chi connectivity index (χ1) is 7.49. The number of rotatable bonds is 5. The molecule has 1 aliphatic carbocycles. The predicted molar refractivity (Wildman–Crippen MR) is 55.5 cm³/mol. The molecule has 1 aliphatic rings. The van der Waals surface area contributed by atoms with Gasteiger partial charge in [-0.15, -0.1) is 0 Å². The van der Waals surface area contributed by atoms with E-state index in [0.717, 1.165) is 12.8 Å². The van der Waals surface area contributed by atoms with Crippen LogP contribution in [0.4, 0.5) is 4.79 Å². The van der Waals surface area contributed by atoms with Gasteiger partial charge in [0.25, 0.3) is 6.29 Å². The minimum atomic E-state index is -0.871. The maximum atomic E-state index is 11.2. The topological polar surface area (TPSA) is 61.8 Å². The van der Waals surface area contributed by atoms with Crippen LogP contribution in [-0.4, -0.2) is 25.0 Å². The van der Waals surface area contributed by atoms with Gasteiger partial charge in [0.1, 0.15) is 0 Å². The van der Waals surface area contributed by atoms with E-state index in [1.807, 2.05) is 0 Å². The molecule has 0 saturated heterocycles. The lowest BCUT2D eigenvalue weighted by molar-refractivity contribution is -0.176. The van der Waals surface area contributed by atoms with Crippen molar-refractivity contribution < 1.29 is 23.8 Å². The molecule has 0 amide bonds. The molecule has 1 fully saturated rings. The molecule has 5 heteroatoms. The Labute approximate surface area is 95.0 Å². The summed E-state index contributed by atoms with van der Waals surface area (Å²) in [4.78, 5) is 22.0. The number of ether oxygens (including phenoxy) is 3. The first kappa shape index (κ1) is 12.8. The summed E-state index contributed by atoms with van der Waals surface area (Å²) in [6.07, 6.45) is 0.561. The summed E-state index contributed by atoms with van der Waals surface area (Å²) in [5.41, 5.74) is 0. The van der Waals surface area contributed by atoms with Crippen LogP contribution in [0.1, 0.15) is 33.6 Å². The quantitative estimate of drug-likeness (QED) is 0.534. The third-order valence-electron chi connectivity index (χ3n) is 2.17. The van der Waals surface area contributed by atoms with Gasteiger partial charge >= 0.3 is 12.1 Å². The van der Waals surface area contributed by atoms with Gasteiger partial charge < -0.3 is 14.2 Å². The van der Waals surface area contributed by atoms with E-state index in [1.54, 1.807) is 13.8 Å². The zero-order chi connectivity index (χ0) is 12.1. The van der Waals surface area contributed by atoms with Gasteiger partial charge in [-0.1, -0.05) is 13.8 Å². The maximum Gasteiger partial charge on any atom is 0.511 e. The lowest BCUT2D eigenvalue weighted by Gasteiger charge is -2.20. The van der Waals surface area contributed by atoms with Gasteiger partial charge in [-0.2, -0.15) is 0 Å². The van der Waals surface area contributed by atoms with Crippen molar-refractivity contribution in [3.8, 4) is 0 Å². The Balaban J connectivity index is 2.27. The van der Waals surface area contributed by atoms with Crippen molar-refractivity contribution >= 4 is 12.1 Å². The average Bonchev–Trinajstić information content (AvgIpc) is 2.96. The Hall–Kier alpha value is -1.26. The Bertz CT molecular complexity index is 257. The summed E-state index contributed by atoms with van der Waals surface area (Å²) in [6, 6.07) is 0. The molecule has 0 unspecified atom stereocenters. The fourth-order valence-electron chi connectivity index (χ4n) is 1.06. The van der Waals surface area contributed by atoms with Crippen LogP contribution in [0.15, 0.2) is 0 Å². The highest BCUT2D eigenvalue weighted by Crippen LogP contribution is 2.29. The Morgan fingerprint density at radius 3 is 2.31 bits per heavy atom. The molecule has 0 radical (unpaired) electrons. The molecule has 92 valence electrons. The van der Waals surface area contributed by atoms with Crippen LogP contribution < -0.4 is 0 Å². The molecule has 0 bridgehead atoms. The molecule has 1 saturated carbocycles. The fourth-order valence-corrected chi connectivity index (χ4v) is 1.06. The zero-order valence-electron chi connectivity index (χ0n) is 9.89. The second kappa shape index (κ2) is 5.72. The SMILES string of the molecule is CC(=O)O[C@H](OC(=O)OCC1CC1)C(C)C. The lowest BCUT2D eigenvalue weighted by Crippen LogP contribution is -2.29. The molecule has 0 aromatic carbocycles. The summed E-state index contributed by atoms with van der Waals surface area (Å²) in [6.45, 7) is 5.25. The molecule has 0 N–H and O–H groups in total. The molecule has 0 aromatic heterocycles. The highest BCUT2D eigenvalue weighted by atomic mass is 16.8. The number of carbonyl (C=O) groups is 2. The third kappa shape index (κ3) is 5.00. The monoisotopic (exact) mass is 230 g/mol.